The molecular weight excluding hydrogens is 501 g/mol. The number of nitrogens with two attached hydrogens (primary N) is 1. The van der Waals surface area contributed by atoms with E-state index in [0.29, 0.717) is 42.1 Å². The van der Waals surface area contributed by atoms with Gasteiger partial charge in [0.05, 0.1) is 20.5 Å². The second-order valence-corrected chi connectivity index (χ2v) is 9.46. The van der Waals surface area contributed by atoms with Gasteiger partial charge < -0.3 is 30.4 Å². The van der Waals surface area contributed by atoms with E-state index in [1.54, 1.807) is 14.2 Å². The first-order valence-electron chi connectivity index (χ1n) is 12.4. The van der Waals surface area contributed by atoms with Gasteiger partial charge in [0, 0.05) is 24.7 Å². The lowest BCUT2D eigenvalue weighted by Gasteiger charge is -2.27. The molecular formula is C25H37Cl2N7O2. The molecule has 0 aliphatic heterocycles. The first kappa shape index (κ1) is 28.1. The van der Waals surface area contributed by atoms with E-state index in [4.69, 9.17) is 30.2 Å². The Bertz CT molecular complexity index is 1130. The van der Waals surface area contributed by atoms with Crippen molar-refractivity contribution in [1.29, 1.82) is 0 Å². The van der Waals surface area contributed by atoms with Crippen LogP contribution in [0, 0.1) is 0 Å². The summed E-state index contributed by atoms with van der Waals surface area (Å²) in [4.78, 5) is 14.5. The summed E-state index contributed by atoms with van der Waals surface area (Å²) in [5.74, 6) is 2.82. The van der Waals surface area contributed by atoms with E-state index in [9.17, 15) is 0 Å². The minimum Gasteiger partial charge on any atom is -0.493 e. The predicted molar refractivity (Wildman–Crippen MR) is 148 cm³/mol. The summed E-state index contributed by atoms with van der Waals surface area (Å²) in [6.07, 6.45) is 10.9. The second kappa shape index (κ2) is 12.7. The number of fused-ring (bicyclic) bond motifs is 1. The molecule has 1 aromatic carbocycles. The molecule has 2 heterocycles. The van der Waals surface area contributed by atoms with Crippen LogP contribution in [-0.4, -0.2) is 45.8 Å². The highest BCUT2D eigenvalue weighted by Gasteiger charge is 2.24. The monoisotopic (exact) mass is 537 g/mol. The maximum absolute atomic E-state index is 6.10. The fraction of sp³-hybridized carbons (Fsp3) is 0.560. The van der Waals surface area contributed by atoms with E-state index < -0.39 is 0 Å². The molecule has 11 heteroatoms. The lowest BCUT2D eigenvalue weighted by molar-refractivity contribution is 0.354. The minimum absolute atomic E-state index is 0. The minimum atomic E-state index is 0. The molecule has 2 saturated carbocycles. The highest BCUT2D eigenvalue weighted by atomic mass is 35.5. The van der Waals surface area contributed by atoms with Gasteiger partial charge in [0.2, 0.25) is 5.95 Å². The number of ether oxygens (including phenoxy) is 2. The third kappa shape index (κ3) is 6.07. The van der Waals surface area contributed by atoms with Crippen LogP contribution < -0.4 is 25.8 Å². The van der Waals surface area contributed by atoms with Crippen LogP contribution >= 0.6 is 24.8 Å². The van der Waals surface area contributed by atoms with Crippen molar-refractivity contribution in [1.82, 2.24) is 19.5 Å². The van der Waals surface area contributed by atoms with Crippen molar-refractivity contribution in [3.63, 3.8) is 0 Å². The summed E-state index contributed by atoms with van der Waals surface area (Å²) < 4.78 is 13.1. The standard InChI is InChI=1S/C25H35N7O2.2ClH/c1-33-20-12-7-16(13-21(20)34-2)14-27-23-22-24(32(15-28-22)19-5-3-4-6-19)31-25(30-23)29-18-10-8-17(26)9-11-18;;/h7,12-13,15,17-19H,3-6,8-11,14,26H2,1-2H3,(H2,27,29,30,31);2*1H. The fourth-order valence-electron chi connectivity index (χ4n) is 5.18. The molecule has 0 bridgehead atoms. The van der Waals surface area contributed by atoms with Crippen molar-refractivity contribution >= 4 is 47.7 Å². The lowest BCUT2D eigenvalue weighted by Crippen LogP contribution is -2.33. The number of benzene rings is 1. The number of nitrogens with one attached hydrogen (secondary N) is 2. The van der Waals surface area contributed by atoms with E-state index in [2.05, 4.69) is 15.2 Å². The molecule has 198 valence electrons. The molecule has 0 radical (unpaired) electrons. The van der Waals surface area contributed by atoms with Crippen LogP contribution in [0.3, 0.4) is 0 Å². The average Bonchev–Trinajstić information content (AvgIpc) is 3.54. The first-order valence-corrected chi connectivity index (χ1v) is 12.4. The van der Waals surface area contributed by atoms with Crippen molar-refractivity contribution in [2.75, 3.05) is 24.9 Å². The molecule has 0 saturated heterocycles. The van der Waals surface area contributed by atoms with Gasteiger partial charge in [-0.25, -0.2) is 4.98 Å². The van der Waals surface area contributed by atoms with Crippen molar-refractivity contribution in [3.8, 4) is 11.5 Å². The SMILES string of the molecule is COc1ccc(CNc2nc(NC3CCC(N)CC3)nc3c2ncn3C2CCCC2)cc1OC.Cl.Cl. The molecule has 0 spiro atoms. The summed E-state index contributed by atoms with van der Waals surface area (Å²) in [6.45, 7) is 0.584. The number of hydrogen-bond acceptors (Lipinski definition) is 8. The van der Waals surface area contributed by atoms with Gasteiger partial charge >= 0.3 is 0 Å². The van der Waals surface area contributed by atoms with E-state index in [-0.39, 0.29) is 24.8 Å². The largest absolute Gasteiger partial charge is 0.493 e. The highest BCUT2D eigenvalue weighted by Crippen LogP contribution is 2.34. The zero-order chi connectivity index (χ0) is 23.5. The summed E-state index contributed by atoms with van der Waals surface area (Å²) in [5, 5.41) is 7.08. The van der Waals surface area contributed by atoms with Crippen LogP contribution in [-0.2, 0) is 6.54 Å². The Hall–Kier alpha value is -2.49. The number of methoxy groups -OCH3 is 2. The van der Waals surface area contributed by atoms with Gasteiger partial charge in [0.1, 0.15) is 0 Å². The molecule has 0 amide bonds. The average molecular weight is 539 g/mol. The van der Waals surface area contributed by atoms with Crippen molar-refractivity contribution in [2.45, 2.75) is 76.0 Å². The van der Waals surface area contributed by atoms with Gasteiger partial charge in [0.25, 0.3) is 0 Å². The molecule has 2 fully saturated rings. The maximum Gasteiger partial charge on any atom is 0.227 e. The van der Waals surface area contributed by atoms with Crippen molar-refractivity contribution < 1.29 is 9.47 Å². The predicted octanol–water partition coefficient (Wildman–Crippen LogP) is 5.10. The van der Waals surface area contributed by atoms with Crippen LogP contribution in [0.2, 0.25) is 0 Å². The zero-order valence-corrected chi connectivity index (χ0v) is 22.5. The Morgan fingerprint density at radius 1 is 0.972 bits per heavy atom. The van der Waals surface area contributed by atoms with E-state index in [1.807, 2.05) is 24.5 Å². The molecule has 0 atom stereocenters. The number of nitrogens with zero attached hydrogens (tertiary/aromatic N) is 4. The Morgan fingerprint density at radius 3 is 2.39 bits per heavy atom. The molecule has 3 aromatic rings. The van der Waals surface area contributed by atoms with E-state index >= 15 is 0 Å². The van der Waals surface area contributed by atoms with Gasteiger partial charge in [0.15, 0.2) is 28.5 Å². The molecule has 5 rings (SSSR count). The second-order valence-electron chi connectivity index (χ2n) is 9.46. The lowest BCUT2D eigenvalue weighted by atomic mass is 9.92. The van der Waals surface area contributed by atoms with Crippen molar-refractivity contribution in [3.05, 3.63) is 30.1 Å². The molecule has 36 heavy (non-hydrogen) atoms. The van der Waals surface area contributed by atoms with Gasteiger partial charge in [-0.3, -0.25) is 0 Å². The molecule has 2 aliphatic rings. The Labute approximate surface area is 224 Å². The van der Waals surface area contributed by atoms with Gasteiger partial charge in [-0.05, 0) is 56.2 Å². The molecule has 4 N–H and O–H groups in total. The molecule has 0 unspecified atom stereocenters. The summed E-state index contributed by atoms with van der Waals surface area (Å²) in [6, 6.07) is 7.03. The Kier molecular flexibility index (Phi) is 9.87. The van der Waals surface area contributed by atoms with Crippen LogP contribution in [0.1, 0.15) is 63.0 Å². The smallest absolute Gasteiger partial charge is 0.227 e. The fourth-order valence-corrected chi connectivity index (χ4v) is 5.18. The zero-order valence-electron chi connectivity index (χ0n) is 20.9. The topological polar surface area (TPSA) is 112 Å². The van der Waals surface area contributed by atoms with E-state index in [1.165, 1.54) is 25.7 Å². The normalized spacial score (nSPS) is 19.9. The first-order chi connectivity index (χ1) is 16.6. The molecule has 2 aromatic heterocycles. The van der Waals surface area contributed by atoms with Gasteiger partial charge in [-0.2, -0.15) is 9.97 Å². The molecule has 2 aliphatic carbocycles. The number of imidazole rings is 1. The van der Waals surface area contributed by atoms with E-state index in [0.717, 1.165) is 48.2 Å². The summed E-state index contributed by atoms with van der Waals surface area (Å²) in [5.41, 5.74) is 8.87. The third-order valence-electron chi connectivity index (χ3n) is 7.15. The van der Waals surface area contributed by atoms with Crippen LogP contribution in [0.25, 0.3) is 11.2 Å². The third-order valence-corrected chi connectivity index (χ3v) is 7.15. The van der Waals surface area contributed by atoms with Gasteiger partial charge in [-0.15, -0.1) is 24.8 Å². The Morgan fingerprint density at radius 2 is 1.69 bits per heavy atom. The summed E-state index contributed by atoms with van der Waals surface area (Å²) in [7, 11) is 3.29. The van der Waals surface area contributed by atoms with Crippen LogP contribution in [0.4, 0.5) is 11.8 Å². The summed E-state index contributed by atoms with van der Waals surface area (Å²) >= 11 is 0. The number of aromatic nitrogens is 4. The number of hydrogen-bond donors (Lipinski definition) is 3. The van der Waals surface area contributed by atoms with Crippen LogP contribution in [0.5, 0.6) is 11.5 Å². The van der Waals surface area contributed by atoms with Crippen LogP contribution in [0.15, 0.2) is 24.5 Å². The van der Waals surface area contributed by atoms with Gasteiger partial charge in [-0.1, -0.05) is 18.9 Å². The molecule has 9 nitrogen and oxygen atoms in total. The Balaban J connectivity index is 0.00000180. The quantitative estimate of drug-likeness (QED) is 0.364. The number of halogens is 2. The maximum atomic E-state index is 6.10. The highest BCUT2D eigenvalue weighted by molar-refractivity contribution is 5.86. The van der Waals surface area contributed by atoms with Crippen molar-refractivity contribution in [2.24, 2.45) is 5.73 Å². The number of rotatable bonds is 8. The number of anilines is 2.